The molecule has 1 rings (SSSR count). The maximum absolute atomic E-state index is 8.71. The van der Waals surface area contributed by atoms with Crippen LogP contribution in [-0.2, 0) is 22.4 Å². The van der Waals surface area contributed by atoms with Gasteiger partial charge in [0.15, 0.2) is 0 Å². The van der Waals surface area contributed by atoms with Gasteiger partial charge in [0.1, 0.15) is 0 Å². The summed E-state index contributed by atoms with van der Waals surface area (Å²) in [6, 6.07) is 0. The van der Waals surface area contributed by atoms with Crippen molar-refractivity contribution < 1.29 is 14.6 Å². The largest absolute Gasteiger partial charge is 0.396 e. The zero-order valence-corrected chi connectivity index (χ0v) is 9.63. The minimum atomic E-state index is 0.103. The van der Waals surface area contributed by atoms with E-state index in [1.807, 2.05) is 6.20 Å². The van der Waals surface area contributed by atoms with E-state index in [4.69, 9.17) is 14.6 Å². The van der Waals surface area contributed by atoms with Crippen molar-refractivity contribution in [3.63, 3.8) is 0 Å². The molecule has 92 valence electrons. The van der Waals surface area contributed by atoms with Crippen molar-refractivity contribution in [2.24, 2.45) is 0 Å². The van der Waals surface area contributed by atoms with Gasteiger partial charge in [0.05, 0.1) is 18.8 Å². The van der Waals surface area contributed by atoms with Crippen molar-refractivity contribution in [3.05, 3.63) is 11.9 Å². The van der Waals surface area contributed by atoms with Gasteiger partial charge in [-0.3, -0.25) is 0 Å². The molecular weight excluding hydrogens is 210 g/mol. The first-order valence-electron chi connectivity index (χ1n) is 5.43. The minimum absolute atomic E-state index is 0.103. The average Bonchev–Trinajstić information content (AvgIpc) is 2.72. The van der Waals surface area contributed by atoms with Crippen molar-refractivity contribution in [1.82, 2.24) is 15.0 Å². The maximum atomic E-state index is 8.71. The molecule has 6 heteroatoms. The predicted molar refractivity (Wildman–Crippen MR) is 58.1 cm³/mol. The van der Waals surface area contributed by atoms with E-state index in [9.17, 15) is 0 Å². The number of aliphatic hydroxyl groups excluding tert-OH is 1. The summed E-state index contributed by atoms with van der Waals surface area (Å²) in [7, 11) is 1.68. The van der Waals surface area contributed by atoms with Gasteiger partial charge < -0.3 is 14.6 Å². The average molecular weight is 229 g/mol. The molecule has 0 atom stereocenters. The standard InChI is InChI=1S/C10H19N3O3/c1-15-6-2-7-16-8-4-13-9-10(3-5-14)11-12-13/h9,14H,2-8H2,1H3. The lowest BCUT2D eigenvalue weighted by molar-refractivity contribution is 0.0958. The van der Waals surface area contributed by atoms with Crippen LogP contribution in [0.2, 0.25) is 0 Å². The fraction of sp³-hybridized carbons (Fsp3) is 0.800. The molecule has 0 aliphatic heterocycles. The summed E-state index contributed by atoms with van der Waals surface area (Å²) in [6.07, 6.45) is 3.28. The van der Waals surface area contributed by atoms with Gasteiger partial charge in [0.2, 0.25) is 0 Å². The Balaban J connectivity index is 2.07. The number of rotatable bonds is 9. The molecule has 1 heterocycles. The summed E-state index contributed by atoms with van der Waals surface area (Å²) in [5, 5.41) is 16.5. The number of hydrogen-bond acceptors (Lipinski definition) is 5. The molecular formula is C10H19N3O3. The first-order chi connectivity index (χ1) is 7.86. The van der Waals surface area contributed by atoms with Crippen LogP contribution in [0.4, 0.5) is 0 Å². The van der Waals surface area contributed by atoms with E-state index in [2.05, 4.69) is 10.3 Å². The van der Waals surface area contributed by atoms with Crippen LogP contribution in [-0.4, -0.2) is 53.6 Å². The molecule has 6 nitrogen and oxygen atoms in total. The molecule has 0 amide bonds. The number of nitrogens with zero attached hydrogens (tertiary/aromatic N) is 3. The van der Waals surface area contributed by atoms with E-state index in [-0.39, 0.29) is 6.61 Å². The van der Waals surface area contributed by atoms with Gasteiger partial charge in [-0.25, -0.2) is 4.68 Å². The first kappa shape index (κ1) is 13.1. The van der Waals surface area contributed by atoms with Crippen molar-refractivity contribution in [3.8, 4) is 0 Å². The SMILES string of the molecule is COCCCOCCn1cc(CCO)nn1. The Labute approximate surface area is 95.2 Å². The molecule has 1 aromatic rings. The summed E-state index contributed by atoms with van der Waals surface area (Å²) in [6.45, 7) is 2.83. The molecule has 0 fully saturated rings. The topological polar surface area (TPSA) is 69.4 Å². The molecule has 0 spiro atoms. The second kappa shape index (κ2) is 8.20. The van der Waals surface area contributed by atoms with Gasteiger partial charge in [0, 0.05) is 39.5 Å². The van der Waals surface area contributed by atoms with Gasteiger partial charge in [-0.2, -0.15) is 0 Å². The van der Waals surface area contributed by atoms with E-state index in [1.54, 1.807) is 11.8 Å². The molecule has 0 saturated heterocycles. The van der Waals surface area contributed by atoms with Crippen LogP contribution in [0.3, 0.4) is 0 Å². The van der Waals surface area contributed by atoms with Crippen LogP contribution in [0, 0.1) is 0 Å². The molecule has 0 radical (unpaired) electrons. The Bertz CT molecular complexity index is 278. The highest BCUT2D eigenvalue weighted by atomic mass is 16.5. The Morgan fingerprint density at radius 2 is 2.25 bits per heavy atom. The van der Waals surface area contributed by atoms with Crippen molar-refractivity contribution in [2.45, 2.75) is 19.4 Å². The third-order valence-electron chi connectivity index (χ3n) is 2.06. The molecule has 0 aliphatic rings. The fourth-order valence-electron chi connectivity index (χ4n) is 1.24. The number of aliphatic hydroxyl groups is 1. The summed E-state index contributed by atoms with van der Waals surface area (Å²) in [5.41, 5.74) is 0.807. The molecule has 16 heavy (non-hydrogen) atoms. The van der Waals surface area contributed by atoms with Gasteiger partial charge in [0.25, 0.3) is 0 Å². The van der Waals surface area contributed by atoms with E-state index in [0.717, 1.165) is 18.7 Å². The van der Waals surface area contributed by atoms with Gasteiger partial charge in [-0.15, -0.1) is 5.10 Å². The van der Waals surface area contributed by atoms with Gasteiger partial charge >= 0.3 is 0 Å². The second-order valence-corrected chi connectivity index (χ2v) is 3.41. The lowest BCUT2D eigenvalue weighted by Gasteiger charge is -2.03. The molecule has 0 bridgehead atoms. The predicted octanol–water partition coefficient (Wildman–Crippen LogP) is -0.134. The molecule has 0 unspecified atom stereocenters. The lowest BCUT2D eigenvalue weighted by Crippen LogP contribution is -2.08. The maximum Gasteiger partial charge on any atom is 0.0849 e. The third kappa shape index (κ3) is 5.20. The van der Waals surface area contributed by atoms with Crippen LogP contribution in [0.15, 0.2) is 6.20 Å². The molecule has 1 N–H and O–H groups in total. The Kier molecular flexibility index (Phi) is 6.71. The molecule has 1 aromatic heterocycles. The van der Waals surface area contributed by atoms with E-state index < -0.39 is 0 Å². The third-order valence-corrected chi connectivity index (χ3v) is 2.06. The smallest absolute Gasteiger partial charge is 0.0849 e. The van der Waals surface area contributed by atoms with Crippen molar-refractivity contribution in [1.29, 1.82) is 0 Å². The van der Waals surface area contributed by atoms with Crippen molar-refractivity contribution in [2.75, 3.05) is 33.5 Å². The Morgan fingerprint density at radius 3 is 3.00 bits per heavy atom. The normalized spacial score (nSPS) is 10.9. The van der Waals surface area contributed by atoms with Crippen LogP contribution >= 0.6 is 0 Å². The number of ether oxygens (including phenoxy) is 2. The number of hydrogen-bond donors (Lipinski definition) is 1. The van der Waals surface area contributed by atoms with Crippen LogP contribution in [0.5, 0.6) is 0 Å². The number of aromatic nitrogens is 3. The highest BCUT2D eigenvalue weighted by Gasteiger charge is 1.99. The first-order valence-corrected chi connectivity index (χ1v) is 5.43. The highest BCUT2D eigenvalue weighted by Crippen LogP contribution is 1.94. The fourth-order valence-corrected chi connectivity index (χ4v) is 1.24. The molecule has 0 aliphatic carbocycles. The van der Waals surface area contributed by atoms with E-state index in [0.29, 0.717) is 26.2 Å². The quantitative estimate of drug-likeness (QED) is 0.597. The van der Waals surface area contributed by atoms with Crippen LogP contribution in [0.1, 0.15) is 12.1 Å². The number of methoxy groups -OCH3 is 1. The van der Waals surface area contributed by atoms with E-state index >= 15 is 0 Å². The van der Waals surface area contributed by atoms with Crippen molar-refractivity contribution >= 4 is 0 Å². The summed E-state index contributed by atoms with van der Waals surface area (Å²) in [5.74, 6) is 0. The zero-order valence-electron chi connectivity index (χ0n) is 9.63. The van der Waals surface area contributed by atoms with E-state index in [1.165, 1.54) is 0 Å². The second-order valence-electron chi connectivity index (χ2n) is 3.41. The Morgan fingerprint density at radius 1 is 1.38 bits per heavy atom. The monoisotopic (exact) mass is 229 g/mol. The van der Waals surface area contributed by atoms with Crippen LogP contribution in [0.25, 0.3) is 0 Å². The molecule has 0 saturated carbocycles. The lowest BCUT2D eigenvalue weighted by atomic mass is 10.3. The summed E-state index contributed by atoms with van der Waals surface area (Å²) in [4.78, 5) is 0. The zero-order chi connectivity index (χ0) is 11.6. The van der Waals surface area contributed by atoms with Crippen LogP contribution < -0.4 is 0 Å². The molecule has 0 aromatic carbocycles. The Hall–Kier alpha value is -0.980. The summed E-state index contributed by atoms with van der Waals surface area (Å²) < 4.78 is 12.0. The highest BCUT2D eigenvalue weighted by molar-refractivity contribution is 4.91. The van der Waals surface area contributed by atoms with Gasteiger partial charge in [-0.05, 0) is 6.42 Å². The van der Waals surface area contributed by atoms with Gasteiger partial charge in [-0.1, -0.05) is 5.21 Å². The summed E-state index contributed by atoms with van der Waals surface area (Å²) >= 11 is 0. The minimum Gasteiger partial charge on any atom is -0.396 e.